The molecule has 0 aliphatic heterocycles. The normalized spacial score (nSPS) is 11.6. The monoisotopic (exact) mass is 399 g/mol. The fraction of sp³-hybridized carbons (Fsp3) is 0.364. The second-order valence-corrected chi connectivity index (χ2v) is 13.6. The molecule has 0 saturated heterocycles. The number of ether oxygens (including phenoxy) is 1. The van der Waals surface area contributed by atoms with E-state index in [9.17, 15) is 4.79 Å². The highest BCUT2D eigenvalue weighted by molar-refractivity contribution is 6.87. The summed E-state index contributed by atoms with van der Waals surface area (Å²) in [6, 6.07) is 7.45. The molecule has 1 aromatic heterocycles. The van der Waals surface area contributed by atoms with Gasteiger partial charge < -0.3 is 4.74 Å². The molecule has 2 rings (SSSR count). The first-order valence-electron chi connectivity index (χ1n) is 8.84. The topological polar surface area (TPSA) is 39.2 Å². The Morgan fingerprint density at radius 1 is 1.19 bits per heavy atom. The second-order valence-electron chi connectivity index (χ2n) is 8.18. The first-order valence-corrected chi connectivity index (χ1v) is 12.2. The number of carbonyl (C=O) groups excluding carboxylic acids is 1. The number of rotatable bonds is 2. The van der Waals surface area contributed by atoms with Crippen molar-refractivity contribution in [1.29, 1.82) is 0 Å². The number of methoxy groups -OCH3 is 1. The Morgan fingerprint density at radius 3 is 2.44 bits per heavy atom. The summed E-state index contributed by atoms with van der Waals surface area (Å²) >= 11 is 6.26. The van der Waals surface area contributed by atoms with Crippen LogP contribution in [0.1, 0.15) is 42.4 Å². The van der Waals surface area contributed by atoms with Gasteiger partial charge in [-0.05, 0) is 41.8 Å². The first-order chi connectivity index (χ1) is 12.5. The van der Waals surface area contributed by atoms with Gasteiger partial charge in [0, 0.05) is 28.0 Å². The smallest absolute Gasteiger partial charge is 0.340 e. The minimum atomic E-state index is -1.78. The minimum absolute atomic E-state index is 0.164. The molecule has 0 fully saturated rings. The summed E-state index contributed by atoms with van der Waals surface area (Å²) in [6.45, 7) is 13.1. The van der Waals surface area contributed by atoms with Gasteiger partial charge in [0.2, 0.25) is 0 Å². The van der Waals surface area contributed by atoms with Crippen LogP contribution in [0.3, 0.4) is 0 Å². The number of halogens is 1. The van der Waals surface area contributed by atoms with Gasteiger partial charge in [0.25, 0.3) is 0 Å². The molecule has 5 heteroatoms. The lowest BCUT2D eigenvalue weighted by atomic mass is 9.96. The van der Waals surface area contributed by atoms with E-state index in [0.717, 1.165) is 22.4 Å². The summed E-state index contributed by atoms with van der Waals surface area (Å²) in [5.74, 6) is 2.94. The molecule has 1 heterocycles. The van der Waals surface area contributed by atoms with Gasteiger partial charge in [-0.1, -0.05) is 51.4 Å². The van der Waals surface area contributed by atoms with Gasteiger partial charge in [0.05, 0.1) is 12.7 Å². The Morgan fingerprint density at radius 2 is 1.85 bits per heavy atom. The lowest BCUT2D eigenvalue weighted by Crippen LogP contribution is -2.35. The third-order valence-electron chi connectivity index (χ3n) is 5.10. The predicted octanol–water partition coefficient (Wildman–Crippen LogP) is 5.90. The lowest BCUT2D eigenvalue weighted by molar-refractivity contribution is 0.0601. The average Bonchev–Trinajstić information content (AvgIpc) is 2.59. The third kappa shape index (κ3) is 4.80. The maximum absolute atomic E-state index is 12.2. The molecule has 0 unspecified atom stereocenters. The van der Waals surface area contributed by atoms with Crippen LogP contribution in [-0.4, -0.2) is 26.1 Å². The molecule has 0 saturated carbocycles. The minimum Gasteiger partial charge on any atom is -0.465 e. The van der Waals surface area contributed by atoms with E-state index < -0.39 is 14.0 Å². The van der Waals surface area contributed by atoms with E-state index in [1.54, 1.807) is 6.20 Å². The lowest BCUT2D eigenvalue weighted by Gasteiger charge is -2.31. The van der Waals surface area contributed by atoms with Crippen molar-refractivity contribution < 1.29 is 9.53 Å². The number of aryl methyl sites for hydroxylation is 1. The molecule has 27 heavy (non-hydrogen) atoms. The molecular weight excluding hydrogens is 374 g/mol. The van der Waals surface area contributed by atoms with Crippen LogP contribution in [-0.2, 0) is 4.74 Å². The molecule has 142 valence electrons. The van der Waals surface area contributed by atoms with E-state index in [1.165, 1.54) is 7.11 Å². The van der Waals surface area contributed by atoms with E-state index >= 15 is 0 Å². The first kappa shape index (κ1) is 21.2. The standard InChI is InChI=1S/C22H26ClNO2Si/c1-15-12-19(20(14-24-15)21(25)26-5)18-13-17(23)9-8-16(18)10-11-27(6,7)22(2,3)4/h8-9,12-14H,1-7H3. The Bertz CT molecular complexity index is 934. The number of hydrogen-bond donors (Lipinski definition) is 0. The van der Waals surface area contributed by atoms with Crippen LogP contribution in [0.2, 0.25) is 23.2 Å². The van der Waals surface area contributed by atoms with Crippen molar-refractivity contribution in [3.8, 4) is 22.6 Å². The fourth-order valence-electron chi connectivity index (χ4n) is 2.31. The molecule has 0 N–H and O–H groups in total. The summed E-state index contributed by atoms with van der Waals surface area (Å²) in [5, 5.41) is 0.755. The zero-order valence-electron chi connectivity index (χ0n) is 17.0. The van der Waals surface area contributed by atoms with Gasteiger partial charge in [0.15, 0.2) is 0 Å². The third-order valence-corrected chi connectivity index (χ3v) is 9.84. The number of esters is 1. The van der Waals surface area contributed by atoms with Crippen molar-refractivity contribution in [2.75, 3.05) is 7.11 Å². The molecule has 2 aromatic rings. The Balaban J connectivity index is 2.70. The van der Waals surface area contributed by atoms with Gasteiger partial charge in [-0.3, -0.25) is 4.98 Å². The van der Waals surface area contributed by atoms with Gasteiger partial charge >= 0.3 is 5.97 Å². The zero-order chi connectivity index (χ0) is 20.4. The molecular formula is C22H26ClNO2Si. The van der Waals surface area contributed by atoms with Crippen LogP contribution < -0.4 is 0 Å². The van der Waals surface area contributed by atoms with Crippen molar-refractivity contribution in [2.45, 2.75) is 45.8 Å². The fourth-order valence-corrected chi connectivity index (χ4v) is 3.31. The van der Waals surface area contributed by atoms with Crippen LogP contribution in [0.25, 0.3) is 11.1 Å². The summed E-state index contributed by atoms with van der Waals surface area (Å²) in [5.41, 5.74) is 7.15. The Kier molecular flexibility index (Phi) is 6.19. The van der Waals surface area contributed by atoms with Crippen LogP contribution in [0, 0.1) is 18.4 Å². The molecule has 1 aromatic carbocycles. The van der Waals surface area contributed by atoms with Gasteiger partial charge in [-0.2, -0.15) is 0 Å². The molecule has 0 aliphatic rings. The van der Waals surface area contributed by atoms with Crippen LogP contribution in [0.4, 0.5) is 0 Å². The van der Waals surface area contributed by atoms with Crippen molar-refractivity contribution >= 4 is 25.6 Å². The average molecular weight is 400 g/mol. The predicted molar refractivity (Wildman–Crippen MR) is 115 cm³/mol. The van der Waals surface area contributed by atoms with E-state index in [1.807, 2.05) is 31.2 Å². The highest BCUT2D eigenvalue weighted by Crippen LogP contribution is 2.36. The van der Waals surface area contributed by atoms with E-state index in [-0.39, 0.29) is 5.04 Å². The Hall–Kier alpha value is -2.09. The number of nitrogens with zero attached hydrogens (tertiary/aromatic N) is 1. The highest BCUT2D eigenvalue weighted by atomic mass is 35.5. The molecule has 3 nitrogen and oxygen atoms in total. The molecule has 0 aliphatic carbocycles. The van der Waals surface area contributed by atoms with Gasteiger partial charge in [-0.15, -0.1) is 5.54 Å². The quantitative estimate of drug-likeness (QED) is 0.358. The van der Waals surface area contributed by atoms with Crippen molar-refractivity contribution in [3.63, 3.8) is 0 Å². The van der Waals surface area contributed by atoms with Crippen molar-refractivity contribution in [2.24, 2.45) is 0 Å². The summed E-state index contributed by atoms with van der Waals surface area (Å²) in [4.78, 5) is 16.5. The van der Waals surface area contributed by atoms with Crippen LogP contribution >= 0.6 is 11.6 Å². The van der Waals surface area contributed by atoms with Crippen molar-refractivity contribution in [1.82, 2.24) is 4.98 Å². The molecule has 0 atom stereocenters. The molecule has 0 radical (unpaired) electrons. The van der Waals surface area contributed by atoms with E-state index in [2.05, 4.69) is 50.3 Å². The maximum Gasteiger partial charge on any atom is 0.340 e. The maximum atomic E-state index is 12.2. The number of aromatic nitrogens is 1. The van der Waals surface area contributed by atoms with Crippen LogP contribution in [0.5, 0.6) is 0 Å². The van der Waals surface area contributed by atoms with Crippen molar-refractivity contribution in [3.05, 3.63) is 52.3 Å². The highest BCUT2D eigenvalue weighted by Gasteiger charge is 2.33. The molecule has 0 spiro atoms. The zero-order valence-corrected chi connectivity index (χ0v) is 18.8. The summed E-state index contributed by atoms with van der Waals surface area (Å²) in [7, 11) is -0.413. The summed E-state index contributed by atoms with van der Waals surface area (Å²) < 4.78 is 4.93. The number of pyridine rings is 1. The number of hydrogen-bond acceptors (Lipinski definition) is 3. The Labute approximate surface area is 168 Å². The summed E-state index contributed by atoms with van der Waals surface area (Å²) in [6.07, 6.45) is 1.54. The SMILES string of the molecule is COC(=O)c1cnc(C)cc1-c1cc(Cl)ccc1C#C[Si](C)(C)C(C)(C)C. The number of benzene rings is 1. The van der Waals surface area contributed by atoms with E-state index in [4.69, 9.17) is 16.3 Å². The van der Waals surface area contributed by atoms with E-state index in [0.29, 0.717) is 10.6 Å². The number of carbonyl (C=O) groups is 1. The molecule has 0 bridgehead atoms. The largest absolute Gasteiger partial charge is 0.465 e. The van der Waals surface area contributed by atoms with Crippen LogP contribution in [0.15, 0.2) is 30.5 Å². The second kappa shape index (κ2) is 7.88. The molecule has 0 amide bonds. The van der Waals surface area contributed by atoms with Gasteiger partial charge in [0.1, 0.15) is 8.07 Å². The van der Waals surface area contributed by atoms with Gasteiger partial charge in [-0.25, -0.2) is 4.79 Å².